The predicted octanol–water partition coefficient (Wildman–Crippen LogP) is 6.47. The Morgan fingerprint density at radius 2 is 1.56 bits per heavy atom. The van der Waals surface area contributed by atoms with Gasteiger partial charge in [0.05, 0.1) is 0 Å². The van der Waals surface area contributed by atoms with Crippen LogP contribution in [-0.4, -0.2) is 24.5 Å². The van der Waals surface area contributed by atoms with Gasteiger partial charge in [0.25, 0.3) is 0 Å². The molecule has 2 aromatic rings. The van der Waals surface area contributed by atoms with Crippen molar-refractivity contribution in [3.63, 3.8) is 0 Å². The number of aromatic hydroxyl groups is 1. The minimum Gasteiger partial charge on any atom is -0.508 e. The van der Waals surface area contributed by atoms with Crippen molar-refractivity contribution in [2.24, 2.45) is 17.8 Å². The molecule has 2 aromatic carbocycles. The van der Waals surface area contributed by atoms with Crippen LogP contribution in [0.4, 0.5) is 5.69 Å². The van der Waals surface area contributed by atoms with Crippen LogP contribution in [0.25, 0.3) is 0 Å². The van der Waals surface area contributed by atoms with E-state index in [1.54, 1.807) is 0 Å². The topological polar surface area (TPSA) is 40.5 Å². The van der Waals surface area contributed by atoms with Gasteiger partial charge in [0.2, 0.25) is 0 Å². The van der Waals surface area contributed by atoms with Crippen molar-refractivity contribution in [2.45, 2.75) is 70.1 Å². The molecule has 0 bridgehead atoms. The van der Waals surface area contributed by atoms with Gasteiger partial charge in [-0.3, -0.25) is 0 Å². The van der Waals surface area contributed by atoms with Crippen molar-refractivity contribution in [1.29, 1.82) is 0 Å². The normalized spacial score (nSPS) is 25.2. The molecule has 3 nitrogen and oxygen atoms in total. The van der Waals surface area contributed by atoms with Crippen LogP contribution in [0.5, 0.6) is 5.75 Å². The largest absolute Gasteiger partial charge is 0.508 e. The first-order valence-electron chi connectivity index (χ1n) is 12.8. The monoisotopic (exact) mass is 431 g/mol. The summed E-state index contributed by atoms with van der Waals surface area (Å²) in [4.78, 5) is 13.5. The standard InChI is InChI=1S/C29H37NO2/c31-20-21-15-17-30(18-16-21)25-10-7-23(8-11-25)29-27(22-5-3-1-2-4-6-22)13-9-24-19-26(32)12-14-28(24)29/h7-8,10-12,14,19-22,27,29,32H,1-6,9,13,15-18H2/t27-,29+/m1/s1. The van der Waals surface area contributed by atoms with Crippen LogP contribution in [0.1, 0.15) is 80.4 Å². The first kappa shape index (κ1) is 21.6. The average Bonchev–Trinajstić information content (AvgIpc) is 3.13. The molecule has 0 aromatic heterocycles. The SMILES string of the molecule is O=CC1CCN(c2ccc([C@@H]3c4ccc(O)cc4CC[C@@H]3C3CCCCCC3)cc2)CC1. The second kappa shape index (κ2) is 9.68. The van der Waals surface area contributed by atoms with Gasteiger partial charge in [0, 0.05) is 30.6 Å². The van der Waals surface area contributed by atoms with E-state index in [2.05, 4.69) is 35.2 Å². The number of aryl methyl sites for hydroxylation is 1. The second-order valence-corrected chi connectivity index (χ2v) is 10.4. The van der Waals surface area contributed by atoms with Gasteiger partial charge < -0.3 is 14.8 Å². The van der Waals surface area contributed by atoms with Crippen LogP contribution >= 0.6 is 0 Å². The lowest BCUT2D eigenvalue weighted by Gasteiger charge is -2.39. The van der Waals surface area contributed by atoms with Crippen molar-refractivity contribution in [3.05, 3.63) is 59.2 Å². The van der Waals surface area contributed by atoms with Crippen molar-refractivity contribution in [3.8, 4) is 5.75 Å². The van der Waals surface area contributed by atoms with E-state index in [0.717, 1.165) is 44.6 Å². The lowest BCUT2D eigenvalue weighted by molar-refractivity contribution is -0.111. The summed E-state index contributed by atoms with van der Waals surface area (Å²) in [5.74, 6) is 2.56. The molecule has 3 aliphatic rings. The van der Waals surface area contributed by atoms with Crippen LogP contribution in [0.3, 0.4) is 0 Å². The molecule has 2 fully saturated rings. The molecule has 2 aliphatic carbocycles. The van der Waals surface area contributed by atoms with E-state index >= 15 is 0 Å². The highest BCUT2D eigenvalue weighted by Crippen LogP contribution is 2.48. The van der Waals surface area contributed by atoms with Crippen molar-refractivity contribution in [1.82, 2.24) is 0 Å². The number of rotatable bonds is 4. The fourth-order valence-electron chi connectivity index (χ4n) is 6.69. The van der Waals surface area contributed by atoms with Crippen LogP contribution < -0.4 is 4.90 Å². The number of fused-ring (bicyclic) bond motifs is 1. The molecule has 0 amide bonds. The minimum atomic E-state index is 0.237. The van der Waals surface area contributed by atoms with E-state index in [4.69, 9.17) is 0 Å². The number of anilines is 1. The van der Waals surface area contributed by atoms with Crippen LogP contribution in [-0.2, 0) is 11.2 Å². The van der Waals surface area contributed by atoms with E-state index in [9.17, 15) is 9.90 Å². The fraction of sp³-hybridized carbons (Fsp3) is 0.552. The quantitative estimate of drug-likeness (QED) is 0.445. The van der Waals surface area contributed by atoms with Crippen LogP contribution in [0.2, 0.25) is 0 Å². The maximum Gasteiger partial charge on any atom is 0.123 e. The molecule has 1 aliphatic heterocycles. The third-order valence-electron chi connectivity index (χ3n) is 8.49. The summed E-state index contributed by atoms with van der Waals surface area (Å²) in [5.41, 5.74) is 5.48. The summed E-state index contributed by atoms with van der Waals surface area (Å²) < 4.78 is 0. The Balaban J connectivity index is 1.43. The van der Waals surface area contributed by atoms with Crippen LogP contribution in [0.15, 0.2) is 42.5 Å². The molecular formula is C29H37NO2. The number of phenols is 1. The summed E-state index contributed by atoms with van der Waals surface area (Å²) in [6.45, 7) is 1.94. The Bertz CT molecular complexity index is 905. The Morgan fingerprint density at radius 1 is 0.844 bits per heavy atom. The zero-order chi connectivity index (χ0) is 21.9. The molecule has 5 rings (SSSR count). The summed E-state index contributed by atoms with van der Waals surface area (Å²) in [6.07, 6.45) is 13.7. The van der Waals surface area contributed by atoms with Gasteiger partial charge in [-0.25, -0.2) is 0 Å². The third kappa shape index (κ3) is 4.44. The van der Waals surface area contributed by atoms with Gasteiger partial charge in [0.1, 0.15) is 12.0 Å². The number of aldehydes is 1. The zero-order valence-electron chi connectivity index (χ0n) is 19.2. The fourth-order valence-corrected chi connectivity index (χ4v) is 6.69. The molecule has 1 saturated carbocycles. The summed E-state index contributed by atoms with van der Waals surface area (Å²) in [6, 6.07) is 15.4. The Hall–Kier alpha value is -2.29. The van der Waals surface area contributed by atoms with Gasteiger partial charge in [-0.15, -0.1) is 0 Å². The Kier molecular flexibility index (Phi) is 6.52. The van der Waals surface area contributed by atoms with E-state index in [1.807, 2.05) is 12.1 Å². The minimum absolute atomic E-state index is 0.237. The van der Waals surface area contributed by atoms with E-state index in [1.165, 1.54) is 67.3 Å². The van der Waals surface area contributed by atoms with Crippen LogP contribution in [0, 0.1) is 17.8 Å². The van der Waals surface area contributed by atoms with E-state index in [-0.39, 0.29) is 5.92 Å². The molecule has 32 heavy (non-hydrogen) atoms. The van der Waals surface area contributed by atoms with Gasteiger partial charge in [-0.05, 0) is 78.5 Å². The maximum absolute atomic E-state index is 11.1. The first-order chi connectivity index (χ1) is 15.7. The number of hydrogen-bond acceptors (Lipinski definition) is 3. The number of carbonyl (C=O) groups is 1. The van der Waals surface area contributed by atoms with E-state index in [0.29, 0.717) is 17.6 Å². The zero-order valence-corrected chi connectivity index (χ0v) is 19.2. The summed E-state index contributed by atoms with van der Waals surface area (Å²) >= 11 is 0. The smallest absolute Gasteiger partial charge is 0.123 e. The molecular weight excluding hydrogens is 394 g/mol. The number of nitrogens with zero attached hydrogens (tertiary/aromatic N) is 1. The lowest BCUT2D eigenvalue weighted by Crippen LogP contribution is -2.34. The maximum atomic E-state index is 11.1. The summed E-state index contributed by atoms with van der Waals surface area (Å²) in [7, 11) is 0. The van der Waals surface area contributed by atoms with Crippen molar-refractivity contribution >= 4 is 12.0 Å². The number of carbonyl (C=O) groups excluding carboxylic acids is 1. The van der Waals surface area contributed by atoms with Crippen molar-refractivity contribution < 1.29 is 9.90 Å². The van der Waals surface area contributed by atoms with Gasteiger partial charge >= 0.3 is 0 Å². The average molecular weight is 432 g/mol. The Morgan fingerprint density at radius 3 is 2.25 bits per heavy atom. The molecule has 2 atom stereocenters. The van der Waals surface area contributed by atoms with Gasteiger partial charge in [-0.2, -0.15) is 0 Å². The predicted molar refractivity (Wildman–Crippen MR) is 130 cm³/mol. The number of benzene rings is 2. The second-order valence-electron chi connectivity index (χ2n) is 10.4. The molecule has 0 radical (unpaired) electrons. The van der Waals surface area contributed by atoms with E-state index < -0.39 is 0 Å². The van der Waals surface area contributed by atoms with Crippen molar-refractivity contribution in [2.75, 3.05) is 18.0 Å². The summed E-state index contributed by atoms with van der Waals surface area (Å²) in [5, 5.41) is 10.1. The molecule has 1 N–H and O–H groups in total. The molecule has 1 heterocycles. The lowest BCUT2D eigenvalue weighted by atomic mass is 9.65. The molecule has 1 saturated heterocycles. The number of piperidine rings is 1. The highest BCUT2D eigenvalue weighted by molar-refractivity contribution is 5.56. The molecule has 3 heteroatoms. The number of phenolic OH excluding ortho intramolecular Hbond substituents is 1. The van der Waals surface area contributed by atoms with Gasteiger partial charge in [0.15, 0.2) is 0 Å². The molecule has 0 unspecified atom stereocenters. The van der Waals surface area contributed by atoms with Gasteiger partial charge in [-0.1, -0.05) is 56.7 Å². The molecule has 0 spiro atoms. The first-order valence-corrected chi connectivity index (χ1v) is 12.8. The molecule has 170 valence electrons. The Labute approximate surface area is 192 Å². The highest BCUT2D eigenvalue weighted by atomic mass is 16.3. The highest BCUT2D eigenvalue weighted by Gasteiger charge is 2.36. The third-order valence-corrected chi connectivity index (χ3v) is 8.49. The number of hydrogen-bond donors (Lipinski definition) is 1.